The van der Waals surface area contributed by atoms with Gasteiger partial charge in [0.05, 0.1) is 0 Å². The third-order valence-corrected chi connectivity index (χ3v) is 3.52. The number of hydrogen-bond acceptors (Lipinski definition) is 3. The summed E-state index contributed by atoms with van der Waals surface area (Å²) in [5.41, 5.74) is 2.16. The van der Waals surface area contributed by atoms with Crippen LogP contribution in [0, 0.1) is 6.92 Å². The SMILES string of the molecule is Cc1ccc(CN2CCC(NC(=O)OC(C)(C)C)C2)cc1. The van der Waals surface area contributed by atoms with Crippen LogP contribution < -0.4 is 5.32 Å². The molecule has 116 valence electrons. The monoisotopic (exact) mass is 290 g/mol. The van der Waals surface area contributed by atoms with E-state index in [2.05, 4.69) is 41.4 Å². The summed E-state index contributed by atoms with van der Waals surface area (Å²) in [5.74, 6) is 0. The number of nitrogens with one attached hydrogen (secondary N) is 1. The van der Waals surface area contributed by atoms with Gasteiger partial charge in [0.1, 0.15) is 5.60 Å². The van der Waals surface area contributed by atoms with Gasteiger partial charge in [-0.15, -0.1) is 0 Å². The number of rotatable bonds is 3. The van der Waals surface area contributed by atoms with E-state index in [0.717, 1.165) is 26.1 Å². The summed E-state index contributed by atoms with van der Waals surface area (Å²) >= 11 is 0. The Morgan fingerprint density at radius 1 is 1.33 bits per heavy atom. The van der Waals surface area contributed by atoms with Crippen molar-refractivity contribution >= 4 is 6.09 Å². The molecule has 4 nitrogen and oxygen atoms in total. The van der Waals surface area contributed by atoms with E-state index in [-0.39, 0.29) is 12.1 Å². The van der Waals surface area contributed by atoms with Crippen LogP contribution in [0.15, 0.2) is 24.3 Å². The summed E-state index contributed by atoms with van der Waals surface area (Å²) in [6, 6.07) is 8.81. The second kappa shape index (κ2) is 6.48. The molecule has 1 heterocycles. The average Bonchev–Trinajstić information content (AvgIpc) is 2.77. The Balaban J connectivity index is 1.78. The molecular formula is C17H26N2O2. The Labute approximate surface area is 127 Å². The summed E-state index contributed by atoms with van der Waals surface area (Å²) in [6.07, 6.45) is 0.662. The predicted molar refractivity (Wildman–Crippen MR) is 84.2 cm³/mol. The second-order valence-corrected chi connectivity index (χ2v) is 6.85. The second-order valence-electron chi connectivity index (χ2n) is 6.85. The molecule has 0 saturated carbocycles. The van der Waals surface area contributed by atoms with Gasteiger partial charge in [-0.2, -0.15) is 0 Å². The summed E-state index contributed by atoms with van der Waals surface area (Å²) in [6.45, 7) is 10.6. The van der Waals surface area contributed by atoms with Crippen LogP contribution in [-0.2, 0) is 11.3 Å². The third-order valence-electron chi connectivity index (χ3n) is 3.52. The molecule has 1 aliphatic heterocycles. The molecule has 1 aromatic rings. The van der Waals surface area contributed by atoms with Crippen LogP contribution in [0.3, 0.4) is 0 Å². The molecule has 1 unspecified atom stereocenters. The zero-order valence-electron chi connectivity index (χ0n) is 13.5. The lowest BCUT2D eigenvalue weighted by Crippen LogP contribution is -2.40. The molecule has 1 atom stereocenters. The zero-order valence-corrected chi connectivity index (χ0v) is 13.5. The highest BCUT2D eigenvalue weighted by Crippen LogP contribution is 2.15. The normalized spacial score (nSPS) is 19.5. The van der Waals surface area contributed by atoms with Crippen molar-refractivity contribution in [2.24, 2.45) is 0 Å². The van der Waals surface area contributed by atoms with Crippen molar-refractivity contribution in [3.8, 4) is 0 Å². The number of carbonyl (C=O) groups excluding carboxylic acids is 1. The van der Waals surface area contributed by atoms with Gasteiger partial charge in [0.25, 0.3) is 0 Å². The molecule has 1 N–H and O–H groups in total. The van der Waals surface area contributed by atoms with E-state index < -0.39 is 5.60 Å². The molecule has 21 heavy (non-hydrogen) atoms. The van der Waals surface area contributed by atoms with Crippen molar-refractivity contribution in [2.75, 3.05) is 13.1 Å². The lowest BCUT2D eigenvalue weighted by atomic mass is 10.1. The van der Waals surface area contributed by atoms with E-state index in [9.17, 15) is 4.79 Å². The minimum atomic E-state index is -0.440. The van der Waals surface area contributed by atoms with E-state index >= 15 is 0 Å². The molecule has 4 heteroatoms. The van der Waals surface area contributed by atoms with Crippen molar-refractivity contribution in [2.45, 2.75) is 52.3 Å². The molecule has 0 spiro atoms. The van der Waals surface area contributed by atoms with Crippen molar-refractivity contribution in [1.82, 2.24) is 10.2 Å². The number of aryl methyl sites for hydroxylation is 1. The van der Waals surface area contributed by atoms with Gasteiger partial charge in [0.2, 0.25) is 0 Å². The average molecular weight is 290 g/mol. The first-order valence-electron chi connectivity index (χ1n) is 7.59. The van der Waals surface area contributed by atoms with Crippen molar-refractivity contribution in [1.29, 1.82) is 0 Å². The Morgan fingerprint density at radius 2 is 2.00 bits per heavy atom. The molecule has 1 aromatic carbocycles. The summed E-state index contributed by atoms with van der Waals surface area (Å²) in [5, 5.41) is 2.96. The lowest BCUT2D eigenvalue weighted by Gasteiger charge is -2.22. The topological polar surface area (TPSA) is 41.6 Å². The quantitative estimate of drug-likeness (QED) is 0.930. The van der Waals surface area contributed by atoms with Gasteiger partial charge in [0.15, 0.2) is 0 Å². The van der Waals surface area contributed by atoms with Crippen LogP contribution in [-0.4, -0.2) is 35.7 Å². The molecule has 1 aliphatic rings. The number of alkyl carbamates (subject to hydrolysis) is 1. The van der Waals surface area contributed by atoms with Crippen molar-refractivity contribution in [3.05, 3.63) is 35.4 Å². The van der Waals surface area contributed by atoms with E-state index in [1.807, 2.05) is 20.8 Å². The molecule has 0 radical (unpaired) electrons. The molecule has 1 fully saturated rings. The minimum Gasteiger partial charge on any atom is -0.444 e. The van der Waals surface area contributed by atoms with Gasteiger partial charge in [-0.05, 0) is 39.7 Å². The Morgan fingerprint density at radius 3 is 2.62 bits per heavy atom. The van der Waals surface area contributed by atoms with Crippen LogP contribution >= 0.6 is 0 Å². The highest BCUT2D eigenvalue weighted by molar-refractivity contribution is 5.68. The van der Waals surface area contributed by atoms with Crippen LogP contribution in [0.25, 0.3) is 0 Å². The largest absolute Gasteiger partial charge is 0.444 e. The maximum absolute atomic E-state index is 11.8. The molecular weight excluding hydrogens is 264 g/mol. The molecule has 0 aliphatic carbocycles. The number of amides is 1. The van der Waals surface area contributed by atoms with Crippen LogP contribution in [0.2, 0.25) is 0 Å². The van der Waals surface area contributed by atoms with Crippen LogP contribution in [0.1, 0.15) is 38.3 Å². The van der Waals surface area contributed by atoms with E-state index in [1.165, 1.54) is 11.1 Å². The summed E-state index contributed by atoms with van der Waals surface area (Å²) in [4.78, 5) is 14.1. The van der Waals surface area contributed by atoms with Gasteiger partial charge < -0.3 is 10.1 Å². The van der Waals surface area contributed by atoms with Gasteiger partial charge in [0, 0.05) is 25.7 Å². The lowest BCUT2D eigenvalue weighted by molar-refractivity contribution is 0.0506. The van der Waals surface area contributed by atoms with E-state index in [0.29, 0.717) is 0 Å². The maximum atomic E-state index is 11.8. The fraction of sp³-hybridized carbons (Fsp3) is 0.588. The fourth-order valence-electron chi connectivity index (χ4n) is 2.52. The number of likely N-dealkylation sites (tertiary alicyclic amines) is 1. The number of benzene rings is 1. The van der Waals surface area contributed by atoms with Gasteiger partial charge in [-0.1, -0.05) is 29.8 Å². The molecule has 0 bridgehead atoms. The van der Waals surface area contributed by atoms with Crippen molar-refractivity contribution in [3.63, 3.8) is 0 Å². The number of ether oxygens (including phenoxy) is 1. The Kier molecular flexibility index (Phi) is 4.88. The third kappa shape index (κ3) is 5.38. The molecule has 2 rings (SSSR count). The van der Waals surface area contributed by atoms with Crippen LogP contribution in [0.5, 0.6) is 0 Å². The Hall–Kier alpha value is -1.55. The highest BCUT2D eigenvalue weighted by atomic mass is 16.6. The van der Waals surface area contributed by atoms with E-state index in [4.69, 9.17) is 4.74 Å². The van der Waals surface area contributed by atoms with E-state index in [1.54, 1.807) is 0 Å². The fourth-order valence-corrected chi connectivity index (χ4v) is 2.52. The highest BCUT2D eigenvalue weighted by Gasteiger charge is 2.25. The first-order chi connectivity index (χ1) is 9.82. The number of carbonyl (C=O) groups is 1. The minimum absolute atomic E-state index is 0.185. The molecule has 1 saturated heterocycles. The first kappa shape index (κ1) is 15.8. The summed E-state index contributed by atoms with van der Waals surface area (Å²) in [7, 11) is 0. The van der Waals surface area contributed by atoms with Gasteiger partial charge in [-0.3, -0.25) is 4.90 Å². The van der Waals surface area contributed by atoms with Gasteiger partial charge >= 0.3 is 6.09 Å². The Bertz CT molecular complexity index is 477. The van der Waals surface area contributed by atoms with Crippen molar-refractivity contribution < 1.29 is 9.53 Å². The number of nitrogens with zero attached hydrogens (tertiary/aromatic N) is 1. The first-order valence-corrected chi connectivity index (χ1v) is 7.59. The predicted octanol–water partition coefficient (Wildman–Crippen LogP) is 3.09. The molecule has 1 amide bonds. The smallest absolute Gasteiger partial charge is 0.407 e. The maximum Gasteiger partial charge on any atom is 0.407 e. The zero-order chi connectivity index (χ0) is 15.5. The molecule has 0 aromatic heterocycles. The van der Waals surface area contributed by atoms with Crippen LogP contribution in [0.4, 0.5) is 4.79 Å². The summed E-state index contributed by atoms with van der Waals surface area (Å²) < 4.78 is 5.30. The number of hydrogen-bond donors (Lipinski definition) is 1. The van der Waals surface area contributed by atoms with Gasteiger partial charge in [-0.25, -0.2) is 4.79 Å². The standard InChI is InChI=1S/C17H26N2O2/c1-13-5-7-14(8-6-13)11-19-10-9-15(12-19)18-16(20)21-17(2,3)4/h5-8,15H,9-12H2,1-4H3,(H,18,20).